The second-order valence-corrected chi connectivity index (χ2v) is 7.82. The Balaban J connectivity index is 1.65. The van der Waals surface area contributed by atoms with Crippen LogP contribution in [0.25, 0.3) is 0 Å². The van der Waals surface area contributed by atoms with E-state index in [1.807, 2.05) is 6.92 Å². The molecule has 0 saturated heterocycles. The van der Waals surface area contributed by atoms with Gasteiger partial charge in [-0.15, -0.1) is 0 Å². The van der Waals surface area contributed by atoms with Crippen LogP contribution in [0.5, 0.6) is 11.5 Å². The number of nitrogens with one attached hydrogen (secondary N) is 1. The van der Waals surface area contributed by atoms with E-state index in [1.165, 1.54) is 38.4 Å². The lowest BCUT2D eigenvalue weighted by Gasteiger charge is -2.26. The lowest BCUT2D eigenvalue weighted by molar-refractivity contribution is -0.151. The first-order chi connectivity index (χ1) is 15.8. The Labute approximate surface area is 191 Å². The molecule has 2 aromatic rings. The predicted octanol–water partition coefficient (Wildman–Crippen LogP) is 3.15. The van der Waals surface area contributed by atoms with Gasteiger partial charge in [0, 0.05) is 25.1 Å². The van der Waals surface area contributed by atoms with Gasteiger partial charge in [-0.05, 0) is 49.4 Å². The molecule has 1 aromatic carbocycles. The fraction of sp³-hybridized carbons (Fsp3) is 0.417. The minimum absolute atomic E-state index is 0.104. The zero-order valence-electron chi connectivity index (χ0n) is 18.9. The molecule has 3 rings (SSSR count). The van der Waals surface area contributed by atoms with Crippen molar-refractivity contribution in [3.8, 4) is 11.5 Å². The summed E-state index contributed by atoms with van der Waals surface area (Å²) in [5.74, 6) is -2.05. The van der Waals surface area contributed by atoms with Crippen molar-refractivity contribution in [1.82, 2.24) is 10.3 Å². The van der Waals surface area contributed by atoms with E-state index in [4.69, 9.17) is 14.2 Å². The maximum absolute atomic E-state index is 13.4. The lowest BCUT2D eigenvalue weighted by atomic mass is 9.89. The summed E-state index contributed by atoms with van der Waals surface area (Å²) in [6, 6.07) is 5.08. The SMILES string of the molecule is CCCC(=O)Oc1c(OC)ccnc1C(=O)N[C@@H](C)C(=O)OC1CCc2cc(F)ccc2C1. The molecule has 33 heavy (non-hydrogen) atoms. The van der Waals surface area contributed by atoms with E-state index in [0.29, 0.717) is 25.7 Å². The van der Waals surface area contributed by atoms with Crippen LogP contribution in [-0.4, -0.2) is 42.1 Å². The molecule has 1 N–H and O–H groups in total. The number of esters is 2. The van der Waals surface area contributed by atoms with Crippen molar-refractivity contribution >= 4 is 17.8 Å². The first kappa shape index (κ1) is 24.2. The number of aromatic nitrogens is 1. The fourth-order valence-electron chi connectivity index (χ4n) is 3.60. The van der Waals surface area contributed by atoms with Gasteiger partial charge in [-0.2, -0.15) is 0 Å². The number of pyridine rings is 1. The van der Waals surface area contributed by atoms with Gasteiger partial charge in [0.25, 0.3) is 5.91 Å². The van der Waals surface area contributed by atoms with Gasteiger partial charge in [0.2, 0.25) is 5.75 Å². The van der Waals surface area contributed by atoms with Crippen molar-refractivity contribution in [3.05, 3.63) is 53.1 Å². The van der Waals surface area contributed by atoms with E-state index < -0.39 is 23.9 Å². The Bertz CT molecular complexity index is 1040. The minimum atomic E-state index is -0.973. The van der Waals surface area contributed by atoms with Crippen LogP contribution in [0.3, 0.4) is 0 Å². The monoisotopic (exact) mass is 458 g/mol. The molecule has 0 saturated carbocycles. The van der Waals surface area contributed by atoms with Gasteiger partial charge in [0.15, 0.2) is 11.4 Å². The number of fused-ring (bicyclic) bond motifs is 1. The van der Waals surface area contributed by atoms with E-state index in [0.717, 1.165) is 11.1 Å². The number of benzene rings is 1. The van der Waals surface area contributed by atoms with E-state index in [1.54, 1.807) is 6.07 Å². The van der Waals surface area contributed by atoms with Crippen LogP contribution in [0.15, 0.2) is 30.5 Å². The number of ether oxygens (including phenoxy) is 3. The maximum atomic E-state index is 13.4. The van der Waals surface area contributed by atoms with Crippen LogP contribution in [0.2, 0.25) is 0 Å². The molecular weight excluding hydrogens is 431 g/mol. The standard InChI is InChI=1S/C24H27FN2O6/c1-4-5-20(28)33-22-19(31-3)10-11-26-21(22)23(29)27-14(2)24(30)32-18-9-7-15-12-17(25)8-6-16(15)13-18/h6,8,10-12,14,18H,4-5,7,9,13H2,1-3H3,(H,27,29)/t14-,18?/m0/s1. The Kier molecular flexibility index (Phi) is 7.97. The number of methoxy groups -OCH3 is 1. The molecule has 1 aromatic heterocycles. The first-order valence-electron chi connectivity index (χ1n) is 10.8. The van der Waals surface area contributed by atoms with Gasteiger partial charge >= 0.3 is 11.9 Å². The number of rotatable bonds is 8. The second-order valence-electron chi connectivity index (χ2n) is 7.82. The molecule has 0 fully saturated rings. The summed E-state index contributed by atoms with van der Waals surface area (Å²) in [5, 5.41) is 2.54. The molecule has 0 aliphatic heterocycles. The number of halogens is 1. The zero-order valence-corrected chi connectivity index (χ0v) is 18.9. The van der Waals surface area contributed by atoms with E-state index >= 15 is 0 Å². The third kappa shape index (κ3) is 6.06. The molecule has 1 unspecified atom stereocenters. The highest BCUT2D eigenvalue weighted by Gasteiger charge is 2.28. The highest BCUT2D eigenvalue weighted by atomic mass is 19.1. The van der Waals surface area contributed by atoms with Crippen molar-refractivity contribution in [1.29, 1.82) is 0 Å². The Hall–Kier alpha value is -3.49. The highest BCUT2D eigenvalue weighted by Crippen LogP contribution is 2.30. The second kappa shape index (κ2) is 10.9. The van der Waals surface area contributed by atoms with Gasteiger partial charge in [-0.25, -0.2) is 14.2 Å². The van der Waals surface area contributed by atoms with Crippen molar-refractivity contribution in [2.24, 2.45) is 0 Å². The van der Waals surface area contributed by atoms with Gasteiger partial charge in [0.1, 0.15) is 18.0 Å². The number of hydrogen-bond donors (Lipinski definition) is 1. The minimum Gasteiger partial charge on any atom is -0.493 e. The summed E-state index contributed by atoms with van der Waals surface area (Å²) >= 11 is 0. The third-order valence-electron chi connectivity index (χ3n) is 5.31. The third-order valence-corrected chi connectivity index (χ3v) is 5.31. The smallest absolute Gasteiger partial charge is 0.328 e. The number of nitrogens with zero attached hydrogens (tertiary/aromatic N) is 1. The van der Waals surface area contributed by atoms with Crippen molar-refractivity contribution in [2.45, 2.75) is 58.1 Å². The molecule has 2 atom stereocenters. The van der Waals surface area contributed by atoms with Crippen LogP contribution >= 0.6 is 0 Å². The average Bonchev–Trinajstić information content (AvgIpc) is 2.79. The van der Waals surface area contributed by atoms with Gasteiger partial charge in [-0.3, -0.25) is 9.59 Å². The summed E-state index contributed by atoms with van der Waals surface area (Å²) < 4.78 is 29.5. The van der Waals surface area contributed by atoms with Crippen molar-refractivity contribution < 1.29 is 33.0 Å². The van der Waals surface area contributed by atoms with Crippen LogP contribution in [0.4, 0.5) is 4.39 Å². The molecule has 0 spiro atoms. The number of carbonyl (C=O) groups is 3. The molecule has 1 amide bonds. The summed E-state index contributed by atoms with van der Waals surface area (Å²) in [7, 11) is 1.38. The predicted molar refractivity (Wildman–Crippen MR) is 117 cm³/mol. The summed E-state index contributed by atoms with van der Waals surface area (Å²) in [4.78, 5) is 41.4. The summed E-state index contributed by atoms with van der Waals surface area (Å²) in [6.45, 7) is 3.32. The van der Waals surface area contributed by atoms with Gasteiger partial charge in [0.05, 0.1) is 7.11 Å². The lowest BCUT2D eigenvalue weighted by Crippen LogP contribution is -2.42. The molecule has 1 aliphatic carbocycles. The van der Waals surface area contributed by atoms with Crippen LogP contribution in [0, 0.1) is 5.82 Å². The van der Waals surface area contributed by atoms with Crippen LogP contribution < -0.4 is 14.8 Å². The largest absolute Gasteiger partial charge is 0.493 e. The number of amides is 1. The van der Waals surface area contributed by atoms with E-state index in [9.17, 15) is 18.8 Å². The van der Waals surface area contributed by atoms with Crippen LogP contribution in [-0.2, 0) is 27.2 Å². The normalized spacial score (nSPS) is 15.7. The topological polar surface area (TPSA) is 104 Å². The van der Waals surface area contributed by atoms with Crippen molar-refractivity contribution in [2.75, 3.05) is 7.11 Å². The zero-order chi connectivity index (χ0) is 24.0. The average molecular weight is 458 g/mol. The van der Waals surface area contributed by atoms with Crippen molar-refractivity contribution in [3.63, 3.8) is 0 Å². The van der Waals surface area contributed by atoms with E-state index in [2.05, 4.69) is 10.3 Å². The molecule has 9 heteroatoms. The maximum Gasteiger partial charge on any atom is 0.328 e. The Morgan fingerprint density at radius 3 is 2.76 bits per heavy atom. The van der Waals surface area contributed by atoms with Gasteiger partial charge < -0.3 is 19.5 Å². The Morgan fingerprint density at radius 1 is 1.24 bits per heavy atom. The molecule has 1 heterocycles. The Morgan fingerprint density at radius 2 is 2.03 bits per heavy atom. The molecule has 8 nitrogen and oxygen atoms in total. The fourth-order valence-corrected chi connectivity index (χ4v) is 3.60. The quantitative estimate of drug-likeness (QED) is 0.606. The molecule has 176 valence electrons. The summed E-state index contributed by atoms with van der Waals surface area (Å²) in [6.07, 6.45) is 3.37. The molecule has 0 bridgehead atoms. The summed E-state index contributed by atoms with van der Waals surface area (Å²) in [5.41, 5.74) is 1.68. The van der Waals surface area contributed by atoms with Gasteiger partial charge in [-0.1, -0.05) is 13.0 Å². The molecule has 1 aliphatic rings. The number of hydrogen-bond acceptors (Lipinski definition) is 7. The van der Waals surface area contributed by atoms with E-state index in [-0.39, 0.29) is 35.5 Å². The highest BCUT2D eigenvalue weighted by molar-refractivity contribution is 5.98. The van der Waals surface area contributed by atoms with Crippen LogP contribution in [0.1, 0.15) is 54.7 Å². The molecule has 0 radical (unpaired) electrons. The number of aryl methyl sites for hydroxylation is 1. The molecular formula is C24H27FN2O6. The number of carbonyl (C=O) groups excluding carboxylic acids is 3. The first-order valence-corrected chi connectivity index (χ1v) is 10.8.